The zero-order chi connectivity index (χ0) is 17.8. The first kappa shape index (κ1) is 16.3. The number of methoxy groups -OCH3 is 1. The molecule has 26 heavy (non-hydrogen) atoms. The first-order chi connectivity index (χ1) is 12.8. The molecule has 1 aliphatic heterocycles. The largest absolute Gasteiger partial charge is 0.497 e. The van der Waals surface area contributed by atoms with Gasteiger partial charge in [0.05, 0.1) is 13.3 Å². The molecule has 0 bridgehead atoms. The van der Waals surface area contributed by atoms with E-state index in [2.05, 4.69) is 49.7 Å². The maximum absolute atomic E-state index is 5.26. The molecule has 6 heteroatoms. The van der Waals surface area contributed by atoms with Crippen LogP contribution in [0.1, 0.15) is 11.1 Å². The number of aromatic nitrogens is 3. The maximum Gasteiger partial charge on any atom is 0.251 e. The Balaban J connectivity index is 1.42. The molecule has 0 spiro atoms. The second kappa shape index (κ2) is 7.39. The number of fused-ring (bicyclic) bond motifs is 1. The Kier molecular flexibility index (Phi) is 4.64. The van der Waals surface area contributed by atoms with Crippen LogP contribution in [0, 0.1) is 0 Å². The van der Waals surface area contributed by atoms with Crippen molar-refractivity contribution in [2.24, 2.45) is 0 Å². The average Bonchev–Trinajstić information content (AvgIpc) is 3.13. The molecule has 0 amide bonds. The van der Waals surface area contributed by atoms with Gasteiger partial charge in [-0.2, -0.15) is 10.1 Å². The molecule has 4 rings (SSSR count). The van der Waals surface area contributed by atoms with Crippen LogP contribution >= 0.6 is 0 Å². The minimum absolute atomic E-state index is 0.640. The second-order valence-electron chi connectivity index (χ2n) is 6.20. The molecule has 3 aromatic rings. The van der Waals surface area contributed by atoms with Crippen LogP contribution in [0.15, 0.2) is 54.7 Å². The minimum Gasteiger partial charge on any atom is -0.497 e. The molecule has 1 N–H and O–H groups in total. The summed E-state index contributed by atoms with van der Waals surface area (Å²) < 4.78 is 5.26. The van der Waals surface area contributed by atoms with E-state index < -0.39 is 0 Å². The Morgan fingerprint density at radius 2 is 2.08 bits per heavy atom. The highest BCUT2D eigenvalue weighted by Gasteiger charge is 2.22. The summed E-state index contributed by atoms with van der Waals surface area (Å²) in [5.41, 5.74) is 3.71. The van der Waals surface area contributed by atoms with Crippen molar-refractivity contribution < 1.29 is 4.74 Å². The fourth-order valence-corrected chi connectivity index (χ4v) is 3.20. The molecular weight excluding hydrogens is 326 g/mol. The topological polar surface area (TPSA) is 63.2 Å². The van der Waals surface area contributed by atoms with Gasteiger partial charge in [-0.3, -0.25) is 0 Å². The van der Waals surface area contributed by atoms with E-state index in [1.54, 1.807) is 13.3 Å². The van der Waals surface area contributed by atoms with Gasteiger partial charge in [0.1, 0.15) is 5.75 Å². The van der Waals surface area contributed by atoms with E-state index in [1.807, 2.05) is 24.3 Å². The van der Waals surface area contributed by atoms with Crippen molar-refractivity contribution in [3.63, 3.8) is 0 Å². The van der Waals surface area contributed by atoms with Crippen molar-refractivity contribution in [2.45, 2.75) is 12.8 Å². The zero-order valence-electron chi connectivity index (χ0n) is 14.7. The summed E-state index contributed by atoms with van der Waals surface area (Å²) in [5.74, 6) is 2.25. The van der Waals surface area contributed by atoms with E-state index in [0.29, 0.717) is 5.95 Å². The van der Waals surface area contributed by atoms with Crippen LogP contribution in [0.3, 0.4) is 0 Å². The third-order valence-electron chi connectivity index (χ3n) is 4.53. The number of nitrogens with zero attached hydrogens (tertiary/aromatic N) is 4. The highest BCUT2D eigenvalue weighted by Crippen LogP contribution is 2.32. The van der Waals surface area contributed by atoms with E-state index in [-0.39, 0.29) is 0 Å². The van der Waals surface area contributed by atoms with Crippen molar-refractivity contribution in [1.29, 1.82) is 0 Å². The van der Waals surface area contributed by atoms with Crippen LogP contribution < -0.4 is 15.0 Å². The fraction of sp³-hybridized carbons (Fsp3) is 0.250. The molecule has 2 heterocycles. The number of hydrogen-bond donors (Lipinski definition) is 1. The lowest BCUT2D eigenvalue weighted by Crippen LogP contribution is -2.18. The lowest BCUT2D eigenvalue weighted by molar-refractivity contribution is 0.414. The Morgan fingerprint density at radius 3 is 3.00 bits per heavy atom. The predicted molar refractivity (Wildman–Crippen MR) is 102 cm³/mol. The first-order valence-corrected chi connectivity index (χ1v) is 8.75. The van der Waals surface area contributed by atoms with E-state index in [4.69, 9.17) is 4.74 Å². The van der Waals surface area contributed by atoms with Crippen LogP contribution in [0.4, 0.5) is 17.5 Å². The average molecular weight is 347 g/mol. The van der Waals surface area contributed by atoms with Crippen molar-refractivity contribution >= 4 is 17.5 Å². The van der Waals surface area contributed by atoms with Crippen molar-refractivity contribution in [2.75, 3.05) is 30.4 Å². The van der Waals surface area contributed by atoms with Crippen LogP contribution in [0.5, 0.6) is 5.75 Å². The summed E-state index contributed by atoms with van der Waals surface area (Å²) >= 11 is 0. The number of rotatable bonds is 6. The lowest BCUT2D eigenvalue weighted by atomic mass is 10.1. The van der Waals surface area contributed by atoms with Crippen LogP contribution in [-0.2, 0) is 12.8 Å². The molecule has 0 saturated carbocycles. The zero-order valence-corrected chi connectivity index (χ0v) is 14.7. The number of ether oxygens (including phenoxy) is 1. The van der Waals surface area contributed by atoms with Gasteiger partial charge in [0, 0.05) is 18.8 Å². The number of nitrogens with one attached hydrogen (secondary N) is 1. The number of anilines is 3. The standard InChI is InChI=1S/C20H21N5O/c1-26-17-7-4-5-15(13-17)9-11-21-19-14-22-24-20(23-19)25-12-10-16-6-2-3-8-18(16)25/h2-8,13-14H,9-12H2,1H3,(H,21,23,24). The van der Waals surface area contributed by atoms with Gasteiger partial charge < -0.3 is 15.0 Å². The third kappa shape index (κ3) is 3.44. The van der Waals surface area contributed by atoms with E-state index in [9.17, 15) is 0 Å². The van der Waals surface area contributed by atoms with E-state index in [0.717, 1.165) is 37.5 Å². The Bertz CT molecular complexity index is 899. The quantitative estimate of drug-likeness (QED) is 0.739. The Labute approximate surface area is 152 Å². The van der Waals surface area contributed by atoms with Gasteiger partial charge in [-0.05, 0) is 42.2 Å². The molecule has 0 radical (unpaired) electrons. The molecule has 0 atom stereocenters. The molecule has 132 valence electrons. The SMILES string of the molecule is COc1cccc(CCNc2cnnc(N3CCc4ccccc43)n2)c1. The summed E-state index contributed by atoms with van der Waals surface area (Å²) in [6, 6.07) is 16.5. The van der Waals surface area contributed by atoms with E-state index >= 15 is 0 Å². The van der Waals surface area contributed by atoms with Crippen molar-refractivity contribution in [3.05, 3.63) is 65.9 Å². The normalized spacial score (nSPS) is 12.7. The fourth-order valence-electron chi connectivity index (χ4n) is 3.20. The maximum atomic E-state index is 5.26. The highest BCUT2D eigenvalue weighted by molar-refractivity contribution is 5.65. The second-order valence-corrected chi connectivity index (χ2v) is 6.20. The van der Waals surface area contributed by atoms with Crippen LogP contribution in [0.2, 0.25) is 0 Å². The highest BCUT2D eigenvalue weighted by atomic mass is 16.5. The van der Waals surface area contributed by atoms with Gasteiger partial charge >= 0.3 is 0 Å². The smallest absolute Gasteiger partial charge is 0.251 e. The molecule has 0 aliphatic carbocycles. The first-order valence-electron chi connectivity index (χ1n) is 8.75. The molecular formula is C20H21N5O. The molecule has 0 fully saturated rings. The van der Waals surface area contributed by atoms with Gasteiger partial charge in [0.25, 0.3) is 5.95 Å². The molecule has 1 aliphatic rings. The molecule has 0 saturated heterocycles. The predicted octanol–water partition coefficient (Wildman–Crippen LogP) is 3.23. The third-order valence-corrected chi connectivity index (χ3v) is 4.53. The molecule has 0 unspecified atom stereocenters. The Morgan fingerprint density at radius 1 is 1.15 bits per heavy atom. The lowest BCUT2D eigenvalue weighted by Gasteiger charge is -2.17. The minimum atomic E-state index is 0.640. The number of hydrogen-bond acceptors (Lipinski definition) is 6. The van der Waals surface area contributed by atoms with Crippen LogP contribution in [-0.4, -0.2) is 35.4 Å². The van der Waals surface area contributed by atoms with Gasteiger partial charge in [-0.25, -0.2) is 0 Å². The number of benzene rings is 2. The van der Waals surface area contributed by atoms with Crippen molar-refractivity contribution in [1.82, 2.24) is 15.2 Å². The van der Waals surface area contributed by atoms with Crippen LogP contribution in [0.25, 0.3) is 0 Å². The molecule has 6 nitrogen and oxygen atoms in total. The monoisotopic (exact) mass is 347 g/mol. The molecule has 1 aromatic heterocycles. The number of para-hydroxylation sites is 1. The summed E-state index contributed by atoms with van der Waals surface area (Å²) in [6.45, 7) is 1.65. The Hall–Kier alpha value is -3.15. The summed E-state index contributed by atoms with van der Waals surface area (Å²) in [6.07, 6.45) is 3.55. The van der Waals surface area contributed by atoms with Gasteiger partial charge in [-0.15, -0.1) is 5.10 Å². The summed E-state index contributed by atoms with van der Waals surface area (Å²) in [4.78, 5) is 6.76. The van der Waals surface area contributed by atoms with Crippen molar-refractivity contribution in [3.8, 4) is 5.75 Å². The van der Waals surface area contributed by atoms with E-state index in [1.165, 1.54) is 16.8 Å². The van der Waals surface area contributed by atoms with Gasteiger partial charge in [0.15, 0.2) is 5.82 Å². The molecule has 2 aromatic carbocycles. The van der Waals surface area contributed by atoms with Gasteiger partial charge in [0.2, 0.25) is 0 Å². The summed E-state index contributed by atoms with van der Waals surface area (Å²) in [7, 11) is 1.68. The van der Waals surface area contributed by atoms with Gasteiger partial charge in [-0.1, -0.05) is 30.3 Å². The summed E-state index contributed by atoms with van der Waals surface area (Å²) in [5, 5.41) is 11.7.